The summed E-state index contributed by atoms with van der Waals surface area (Å²) in [7, 11) is 0. The van der Waals surface area contributed by atoms with E-state index < -0.39 is 0 Å². The molecule has 27 heavy (non-hydrogen) atoms. The maximum atomic E-state index is 12.4. The normalized spacial score (nSPS) is 22.1. The van der Waals surface area contributed by atoms with Crippen LogP contribution in [0.4, 0.5) is 0 Å². The van der Waals surface area contributed by atoms with Crippen molar-refractivity contribution in [3.63, 3.8) is 0 Å². The Morgan fingerprint density at radius 2 is 1.44 bits per heavy atom. The summed E-state index contributed by atoms with van der Waals surface area (Å²) in [6, 6.07) is 19.9. The topological polar surface area (TPSA) is 84.2 Å². The molecule has 5 heteroatoms. The molecule has 5 nitrogen and oxygen atoms in total. The summed E-state index contributed by atoms with van der Waals surface area (Å²) < 4.78 is 0. The number of primary amides is 1. The second-order valence-corrected chi connectivity index (χ2v) is 7.30. The Kier molecular flexibility index (Phi) is 6.60. The molecule has 0 bridgehead atoms. The van der Waals surface area contributed by atoms with Crippen molar-refractivity contribution in [1.29, 1.82) is 0 Å². The molecule has 142 valence electrons. The second kappa shape index (κ2) is 9.33. The summed E-state index contributed by atoms with van der Waals surface area (Å²) >= 11 is 0. The summed E-state index contributed by atoms with van der Waals surface area (Å²) in [6.07, 6.45) is 2.48. The van der Waals surface area contributed by atoms with Crippen LogP contribution in [0.2, 0.25) is 0 Å². The van der Waals surface area contributed by atoms with Crippen LogP contribution in [-0.2, 0) is 22.6 Å². The zero-order valence-corrected chi connectivity index (χ0v) is 15.4. The van der Waals surface area contributed by atoms with Crippen molar-refractivity contribution in [2.24, 2.45) is 11.7 Å². The highest BCUT2D eigenvalue weighted by Gasteiger charge is 2.32. The molecule has 3 rings (SSSR count). The molecule has 0 saturated heterocycles. The van der Waals surface area contributed by atoms with Crippen LogP contribution in [0.25, 0.3) is 0 Å². The van der Waals surface area contributed by atoms with Gasteiger partial charge in [-0.15, -0.1) is 0 Å². The zero-order chi connectivity index (χ0) is 19.1. The van der Waals surface area contributed by atoms with Crippen LogP contribution in [0.15, 0.2) is 60.7 Å². The van der Waals surface area contributed by atoms with Crippen LogP contribution < -0.4 is 16.4 Å². The first-order valence-electron chi connectivity index (χ1n) is 9.50. The molecule has 3 unspecified atom stereocenters. The summed E-state index contributed by atoms with van der Waals surface area (Å²) in [5.74, 6) is -0.518. The molecule has 4 N–H and O–H groups in total. The van der Waals surface area contributed by atoms with E-state index in [1.165, 1.54) is 5.56 Å². The third kappa shape index (κ3) is 5.93. The van der Waals surface area contributed by atoms with Gasteiger partial charge in [-0.3, -0.25) is 9.59 Å². The molecule has 1 fully saturated rings. The van der Waals surface area contributed by atoms with Gasteiger partial charge in [0.1, 0.15) is 0 Å². The number of nitrogens with one attached hydrogen (secondary N) is 2. The smallest absolute Gasteiger partial charge is 0.224 e. The van der Waals surface area contributed by atoms with E-state index in [9.17, 15) is 9.59 Å². The van der Waals surface area contributed by atoms with Crippen LogP contribution in [-0.4, -0.2) is 23.9 Å². The van der Waals surface area contributed by atoms with Crippen LogP contribution in [0.1, 0.15) is 30.4 Å². The zero-order valence-electron chi connectivity index (χ0n) is 15.4. The molecule has 3 atom stereocenters. The van der Waals surface area contributed by atoms with E-state index in [-0.39, 0.29) is 29.8 Å². The number of benzene rings is 2. The molecular weight excluding hydrogens is 338 g/mol. The first kappa shape index (κ1) is 19.1. The van der Waals surface area contributed by atoms with Crippen molar-refractivity contribution < 1.29 is 9.59 Å². The lowest BCUT2D eigenvalue weighted by atomic mass is 9.81. The van der Waals surface area contributed by atoms with E-state index in [2.05, 4.69) is 22.8 Å². The minimum atomic E-state index is -0.288. The highest BCUT2D eigenvalue weighted by Crippen LogP contribution is 2.25. The summed E-state index contributed by atoms with van der Waals surface area (Å²) in [5.41, 5.74) is 7.75. The van der Waals surface area contributed by atoms with Crippen LogP contribution >= 0.6 is 0 Å². The van der Waals surface area contributed by atoms with Gasteiger partial charge in [0.15, 0.2) is 0 Å². The molecule has 0 spiro atoms. The predicted molar refractivity (Wildman–Crippen MR) is 106 cm³/mol. The quantitative estimate of drug-likeness (QED) is 0.703. The fraction of sp³-hybridized carbons (Fsp3) is 0.364. The number of nitrogens with two attached hydrogens (primary N) is 1. The van der Waals surface area contributed by atoms with Crippen LogP contribution in [0, 0.1) is 5.92 Å². The standard InChI is InChI=1S/C22H27N3O2/c23-22(27)18-12-19(24-15-17-9-5-2-6-10-17)14-20(13-18)25-21(26)11-16-7-3-1-4-8-16/h1-10,18-20,24H,11-15H2,(H2,23,27)(H,25,26). The van der Waals surface area contributed by atoms with Gasteiger partial charge in [-0.1, -0.05) is 60.7 Å². The summed E-state index contributed by atoms with van der Waals surface area (Å²) in [4.78, 5) is 24.2. The highest BCUT2D eigenvalue weighted by molar-refractivity contribution is 5.79. The van der Waals surface area contributed by atoms with E-state index in [4.69, 9.17) is 5.73 Å². The highest BCUT2D eigenvalue weighted by atomic mass is 16.2. The summed E-state index contributed by atoms with van der Waals surface area (Å²) in [6.45, 7) is 0.738. The minimum Gasteiger partial charge on any atom is -0.369 e. The lowest BCUT2D eigenvalue weighted by Gasteiger charge is -2.34. The fourth-order valence-corrected chi connectivity index (χ4v) is 3.75. The van der Waals surface area contributed by atoms with Gasteiger partial charge in [-0.25, -0.2) is 0 Å². The van der Waals surface area contributed by atoms with E-state index in [0.717, 1.165) is 18.5 Å². The monoisotopic (exact) mass is 365 g/mol. The predicted octanol–water partition coefficient (Wildman–Crippen LogP) is 2.16. The van der Waals surface area contributed by atoms with Crippen molar-refractivity contribution in [3.05, 3.63) is 71.8 Å². The molecule has 1 aliphatic rings. The Morgan fingerprint density at radius 3 is 2.07 bits per heavy atom. The molecule has 2 aromatic carbocycles. The fourth-order valence-electron chi connectivity index (χ4n) is 3.75. The van der Waals surface area contributed by atoms with Gasteiger partial charge in [-0.05, 0) is 30.4 Å². The van der Waals surface area contributed by atoms with Crippen molar-refractivity contribution in [2.45, 2.75) is 44.3 Å². The molecule has 0 heterocycles. The van der Waals surface area contributed by atoms with Gasteiger partial charge in [0.05, 0.1) is 6.42 Å². The van der Waals surface area contributed by atoms with E-state index in [1.54, 1.807) is 0 Å². The van der Waals surface area contributed by atoms with E-state index in [1.807, 2.05) is 48.5 Å². The SMILES string of the molecule is NC(=O)C1CC(NCc2ccccc2)CC(NC(=O)Cc2ccccc2)C1. The Labute approximate surface area is 160 Å². The van der Waals surface area contributed by atoms with Gasteiger partial charge in [0.25, 0.3) is 0 Å². The molecule has 2 aromatic rings. The van der Waals surface area contributed by atoms with Crippen LogP contribution in [0.3, 0.4) is 0 Å². The average Bonchev–Trinajstić information content (AvgIpc) is 2.67. The molecule has 2 amide bonds. The van der Waals surface area contributed by atoms with Gasteiger partial charge in [-0.2, -0.15) is 0 Å². The third-order valence-electron chi connectivity index (χ3n) is 5.12. The number of carbonyl (C=O) groups is 2. The van der Waals surface area contributed by atoms with Crippen molar-refractivity contribution in [2.75, 3.05) is 0 Å². The van der Waals surface area contributed by atoms with E-state index >= 15 is 0 Å². The molecule has 0 aromatic heterocycles. The average molecular weight is 365 g/mol. The first-order chi connectivity index (χ1) is 13.1. The lowest BCUT2D eigenvalue weighted by molar-refractivity contribution is -0.125. The van der Waals surface area contributed by atoms with Gasteiger partial charge >= 0.3 is 0 Å². The molecule has 0 radical (unpaired) electrons. The minimum absolute atomic E-state index is 0.0156. The number of rotatable bonds is 7. The number of hydrogen-bond acceptors (Lipinski definition) is 3. The molecule has 1 saturated carbocycles. The number of amides is 2. The maximum Gasteiger partial charge on any atom is 0.224 e. The Balaban J connectivity index is 1.56. The summed E-state index contributed by atoms with van der Waals surface area (Å²) in [5, 5.41) is 6.61. The second-order valence-electron chi connectivity index (χ2n) is 7.30. The van der Waals surface area contributed by atoms with Crippen molar-refractivity contribution in [1.82, 2.24) is 10.6 Å². The van der Waals surface area contributed by atoms with Crippen molar-refractivity contribution in [3.8, 4) is 0 Å². The molecule has 1 aliphatic carbocycles. The van der Waals surface area contributed by atoms with E-state index in [0.29, 0.717) is 19.3 Å². The van der Waals surface area contributed by atoms with Gasteiger partial charge in [0.2, 0.25) is 11.8 Å². The molecule has 0 aliphatic heterocycles. The maximum absolute atomic E-state index is 12.4. The van der Waals surface area contributed by atoms with Crippen LogP contribution in [0.5, 0.6) is 0 Å². The third-order valence-corrected chi connectivity index (χ3v) is 5.12. The number of carbonyl (C=O) groups excluding carboxylic acids is 2. The Bertz CT molecular complexity index is 749. The first-order valence-corrected chi connectivity index (χ1v) is 9.50. The Morgan fingerprint density at radius 1 is 0.852 bits per heavy atom. The number of hydrogen-bond donors (Lipinski definition) is 3. The van der Waals surface area contributed by atoms with Gasteiger partial charge in [0, 0.05) is 24.5 Å². The van der Waals surface area contributed by atoms with Crippen molar-refractivity contribution >= 4 is 11.8 Å². The van der Waals surface area contributed by atoms with Gasteiger partial charge < -0.3 is 16.4 Å². The Hall–Kier alpha value is -2.66. The molecular formula is C22H27N3O2. The lowest BCUT2D eigenvalue weighted by Crippen LogP contribution is -2.49. The largest absolute Gasteiger partial charge is 0.369 e.